The SMILES string of the molecule is Nc1cc(Br)c(F)cc1N1CCNCC1. The summed E-state index contributed by atoms with van der Waals surface area (Å²) in [5, 5.41) is 3.24. The molecule has 1 fully saturated rings. The third-order valence-corrected chi connectivity index (χ3v) is 3.13. The highest BCUT2D eigenvalue weighted by molar-refractivity contribution is 9.10. The van der Waals surface area contributed by atoms with Crippen LogP contribution in [0.3, 0.4) is 0 Å². The molecule has 0 unspecified atom stereocenters. The third kappa shape index (κ3) is 2.23. The Kier molecular flexibility index (Phi) is 3.11. The van der Waals surface area contributed by atoms with Gasteiger partial charge in [0.15, 0.2) is 0 Å². The third-order valence-electron chi connectivity index (χ3n) is 2.53. The molecule has 0 radical (unpaired) electrons. The zero-order chi connectivity index (χ0) is 10.8. The van der Waals surface area contributed by atoms with E-state index in [-0.39, 0.29) is 5.82 Å². The van der Waals surface area contributed by atoms with Crippen LogP contribution in [0.1, 0.15) is 0 Å². The van der Waals surface area contributed by atoms with Crippen LogP contribution in [0.15, 0.2) is 16.6 Å². The number of hydrogen-bond donors (Lipinski definition) is 2. The molecule has 2 rings (SSSR count). The normalized spacial score (nSPS) is 16.8. The van der Waals surface area contributed by atoms with Crippen LogP contribution in [0.25, 0.3) is 0 Å². The summed E-state index contributed by atoms with van der Waals surface area (Å²) in [6, 6.07) is 3.11. The van der Waals surface area contributed by atoms with E-state index >= 15 is 0 Å². The largest absolute Gasteiger partial charge is 0.397 e. The fourth-order valence-corrected chi connectivity index (χ4v) is 2.09. The number of piperazine rings is 1. The Morgan fingerprint density at radius 2 is 2.00 bits per heavy atom. The van der Waals surface area contributed by atoms with Crippen LogP contribution >= 0.6 is 15.9 Å². The summed E-state index contributed by atoms with van der Waals surface area (Å²) in [5.41, 5.74) is 7.27. The minimum Gasteiger partial charge on any atom is -0.397 e. The Balaban J connectivity index is 2.30. The lowest BCUT2D eigenvalue weighted by Crippen LogP contribution is -2.43. The summed E-state index contributed by atoms with van der Waals surface area (Å²) in [6.07, 6.45) is 0. The number of anilines is 2. The topological polar surface area (TPSA) is 41.3 Å². The van der Waals surface area contributed by atoms with Crippen LogP contribution < -0.4 is 16.0 Å². The van der Waals surface area contributed by atoms with Gasteiger partial charge in [-0.15, -0.1) is 0 Å². The molecule has 0 saturated carbocycles. The molecule has 1 aliphatic heterocycles. The van der Waals surface area contributed by atoms with Crippen molar-refractivity contribution in [2.24, 2.45) is 0 Å². The zero-order valence-electron chi connectivity index (χ0n) is 8.26. The quantitative estimate of drug-likeness (QED) is 0.764. The minimum atomic E-state index is -0.266. The molecule has 1 aliphatic rings. The van der Waals surface area contributed by atoms with Crippen molar-refractivity contribution in [3.05, 3.63) is 22.4 Å². The van der Waals surface area contributed by atoms with E-state index in [1.54, 1.807) is 6.07 Å². The maximum atomic E-state index is 13.4. The Labute approximate surface area is 96.6 Å². The number of rotatable bonds is 1. The van der Waals surface area contributed by atoms with Crippen molar-refractivity contribution in [3.63, 3.8) is 0 Å². The van der Waals surface area contributed by atoms with E-state index in [0.29, 0.717) is 10.2 Å². The number of nitrogen functional groups attached to an aromatic ring is 1. The first-order chi connectivity index (χ1) is 7.18. The van der Waals surface area contributed by atoms with Gasteiger partial charge in [-0.2, -0.15) is 0 Å². The molecular formula is C10H13BrFN3. The molecule has 3 N–H and O–H groups in total. The van der Waals surface area contributed by atoms with Gasteiger partial charge in [0.1, 0.15) is 5.82 Å². The highest BCUT2D eigenvalue weighted by Gasteiger charge is 2.15. The molecule has 1 saturated heterocycles. The van der Waals surface area contributed by atoms with Crippen molar-refractivity contribution in [2.45, 2.75) is 0 Å². The van der Waals surface area contributed by atoms with Crippen LogP contribution in [0, 0.1) is 5.82 Å². The predicted octanol–water partition coefficient (Wildman–Crippen LogP) is 1.58. The second-order valence-electron chi connectivity index (χ2n) is 3.56. The van der Waals surface area contributed by atoms with Gasteiger partial charge in [0, 0.05) is 32.2 Å². The van der Waals surface area contributed by atoms with Gasteiger partial charge in [0.2, 0.25) is 0 Å². The Morgan fingerprint density at radius 1 is 1.33 bits per heavy atom. The van der Waals surface area contributed by atoms with E-state index in [1.807, 2.05) is 0 Å². The van der Waals surface area contributed by atoms with E-state index in [4.69, 9.17) is 5.73 Å². The summed E-state index contributed by atoms with van der Waals surface area (Å²) in [6.45, 7) is 3.56. The van der Waals surface area contributed by atoms with Gasteiger partial charge in [-0.3, -0.25) is 0 Å². The molecule has 1 aromatic rings. The summed E-state index contributed by atoms with van der Waals surface area (Å²) >= 11 is 3.12. The lowest BCUT2D eigenvalue weighted by Gasteiger charge is -2.30. The van der Waals surface area contributed by atoms with Crippen LogP contribution in [0.4, 0.5) is 15.8 Å². The van der Waals surface area contributed by atoms with Gasteiger partial charge >= 0.3 is 0 Å². The van der Waals surface area contributed by atoms with Crippen molar-refractivity contribution < 1.29 is 4.39 Å². The van der Waals surface area contributed by atoms with Gasteiger partial charge in [0.25, 0.3) is 0 Å². The Hall–Kier alpha value is -0.810. The average Bonchev–Trinajstić information content (AvgIpc) is 2.25. The summed E-state index contributed by atoms with van der Waals surface area (Å²) in [4.78, 5) is 2.10. The van der Waals surface area contributed by atoms with Crippen LogP contribution in [0.5, 0.6) is 0 Å². The fourth-order valence-electron chi connectivity index (χ4n) is 1.73. The Bertz CT molecular complexity index is 364. The van der Waals surface area contributed by atoms with Gasteiger partial charge in [-0.25, -0.2) is 4.39 Å². The molecule has 3 nitrogen and oxygen atoms in total. The van der Waals surface area contributed by atoms with E-state index < -0.39 is 0 Å². The molecule has 1 aromatic carbocycles. The van der Waals surface area contributed by atoms with Gasteiger partial charge in [-0.1, -0.05) is 0 Å². The zero-order valence-corrected chi connectivity index (χ0v) is 9.85. The smallest absolute Gasteiger partial charge is 0.139 e. The summed E-state index contributed by atoms with van der Waals surface area (Å²) in [7, 11) is 0. The van der Waals surface area contributed by atoms with Crippen LogP contribution in [-0.4, -0.2) is 26.2 Å². The molecule has 0 aliphatic carbocycles. The highest BCUT2D eigenvalue weighted by Crippen LogP contribution is 2.29. The van der Waals surface area contributed by atoms with E-state index in [9.17, 15) is 4.39 Å². The van der Waals surface area contributed by atoms with E-state index in [2.05, 4.69) is 26.1 Å². The minimum absolute atomic E-state index is 0.266. The molecule has 0 bridgehead atoms. The summed E-state index contributed by atoms with van der Waals surface area (Å²) < 4.78 is 13.8. The first kappa shape index (κ1) is 10.7. The first-order valence-electron chi connectivity index (χ1n) is 4.88. The van der Waals surface area contributed by atoms with Crippen molar-refractivity contribution in [1.82, 2.24) is 5.32 Å². The van der Waals surface area contributed by atoms with E-state index in [0.717, 1.165) is 31.9 Å². The van der Waals surface area contributed by atoms with Gasteiger partial charge < -0.3 is 16.0 Å². The van der Waals surface area contributed by atoms with Crippen molar-refractivity contribution >= 4 is 27.3 Å². The van der Waals surface area contributed by atoms with Crippen LogP contribution in [-0.2, 0) is 0 Å². The molecule has 15 heavy (non-hydrogen) atoms. The average molecular weight is 274 g/mol. The lowest BCUT2D eigenvalue weighted by atomic mass is 10.2. The number of halogens is 2. The Morgan fingerprint density at radius 3 is 2.67 bits per heavy atom. The first-order valence-corrected chi connectivity index (χ1v) is 5.68. The molecule has 0 atom stereocenters. The van der Waals surface area contributed by atoms with Crippen molar-refractivity contribution in [1.29, 1.82) is 0 Å². The fraction of sp³-hybridized carbons (Fsp3) is 0.400. The maximum absolute atomic E-state index is 13.4. The molecule has 82 valence electrons. The molecule has 1 heterocycles. The number of nitrogens with one attached hydrogen (secondary N) is 1. The predicted molar refractivity (Wildman–Crippen MR) is 63.6 cm³/mol. The molecule has 5 heteroatoms. The maximum Gasteiger partial charge on any atom is 0.139 e. The summed E-state index contributed by atoms with van der Waals surface area (Å²) in [5.74, 6) is -0.266. The van der Waals surface area contributed by atoms with Crippen molar-refractivity contribution in [3.8, 4) is 0 Å². The van der Waals surface area contributed by atoms with Gasteiger partial charge in [-0.05, 0) is 22.0 Å². The standard InChI is InChI=1S/C10H13BrFN3/c11-7-5-9(13)10(6-8(7)12)15-3-1-14-2-4-15/h5-6,14H,1-4,13H2. The van der Waals surface area contributed by atoms with Crippen molar-refractivity contribution in [2.75, 3.05) is 36.8 Å². The van der Waals surface area contributed by atoms with Crippen LogP contribution in [0.2, 0.25) is 0 Å². The molecule has 0 aromatic heterocycles. The molecule has 0 amide bonds. The number of benzene rings is 1. The number of nitrogens with zero attached hydrogens (tertiary/aromatic N) is 1. The number of nitrogens with two attached hydrogens (primary N) is 1. The van der Waals surface area contributed by atoms with Gasteiger partial charge in [0.05, 0.1) is 15.8 Å². The lowest BCUT2D eigenvalue weighted by molar-refractivity contribution is 0.584. The van der Waals surface area contributed by atoms with E-state index in [1.165, 1.54) is 6.07 Å². The molecular weight excluding hydrogens is 261 g/mol. The highest BCUT2D eigenvalue weighted by atomic mass is 79.9. The molecule has 0 spiro atoms. The number of hydrogen-bond acceptors (Lipinski definition) is 3. The second kappa shape index (κ2) is 4.37. The monoisotopic (exact) mass is 273 g/mol. The second-order valence-corrected chi connectivity index (χ2v) is 4.42.